The number of rotatable bonds is 4. The molecule has 0 aliphatic carbocycles. The van der Waals surface area contributed by atoms with E-state index in [1.165, 1.54) is 0 Å². The Hall–Kier alpha value is -4.71. The zero-order chi connectivity index (χ0) is 37.1. The Kier molecular flexibility index (Phi) is 8.15. The molecule has 0 bridgehead atoms. The molecule has 0 N–H and O–H groups in total. The van der Waals surface area contributed by atoms with E-state index in [-0.39, 0.29) is 20.1 Å². The van der Waals surface area contributed by atoms with E-state index in [2.05, 4.69) is 32.1 Å². The Morgan fingerprint density at radius 3 is 2.10 bits per heavy atom. The number of pyridine rings is 2. The van der Waals surface area contributed by atoms with Crippen molar-refractivity contribution >= 4 is 38.9 Å². The minimum Gasteiger partial charge on any atom is -0.487 e. The van der Waals surface area contributed by atoms with Gasteiger partial charge in [-0.3, -0.25) is 0 Å². The summed E-state index contributed by atoms with van der Waals surface area (Å²) in [6.45, 7) is 11.4. The number of hydrogen-bond donors (Lipinski definition) is 0. The van der Waals surface area contributed by atoms with Gasteiger partial charge in [0, 0.05) is 49.6 Å². The van der Waals surface area contributed by atoms with Crippen LogP contribution in [0.4, 0.5) is 0 Å². The first kappa shape index (κ1) is 29.2. The first-order chi connectivity index (χ1) is 24.6. The number of hydrogen-bond acceptors (Lipinski definition) is 5. The molecule has 8 rings (SSSR count). The maximum absolute atomic E-state index is 8.66. The van der Waals surface area contributed by atoms with Crippen molar-refractivity contribution in [2.75, 3.05) is 0 Å². The third-order valence-electron chi connectivity index (χ3n) is 7.52. The van der Waals surface area contributed by atoms with Crippen LogP contribution in [-0.4, -0.2) is 24.3 Å². The first-order valence-electron chi connectivity index (χ1n) is 18.0. The van der Waals surface area contributed by atoms with Gasteiger partial charge in [0.2, 0.25) is 11.5 Å². The SMILES string of the molecule is [2H]C([2H])(c1ccnc(-c2[c-]ccc3c2oc2c3cnc3nc4ccccc4n32)c1)C(C)(C)C.[2H]C([2H])(c1ccnc(-c2[c-]cccc2)c1)C(C)(C)C.[Ir]. The van der Waals surface area contributed by atoms with E-state index in [4.69, 9.17) is 9.90 Å². The summed E-state index contributed by atoms with van der Waals surface area (Å²) in [5.74, 6) is 0.576. The second kappa shape index (κ2) is 13.7. The van der Waals surface area contributed by atoms with Gasteiger partial charge in [0.25, 0.3) is 0 Å². The van der Waals surface area contributed by atoms with Gasteiger partial charge in [-0.1, -0.05) is 87.9 Å². The molecule has 0 saturated carbocycles. The molecule has 0 aliphatic heterocycles. The predicted molar refractivity (Wildman–Crippen MR) is 195 cm³/mol. The fourth-order valence-electron chi connectivity index (χ4n) is 5.69. The molecule has 0 fully saturated rings. The molecule has 5 aromatic heterocycles. The summed E-state index contributed by atoms with van der Waals surface area (Å²) in [5, 5.41) is 1.77. The van der Waals surface area contributed by atoms with Gasteiger partial charge in [-0.2, -0.15) is 0 Å². The van der Waals surface area contributed by atoms with Crippen LogP contribution in [0, 0.1) is 23.0 Å². The zero-order valence-electron chi connectivity index (χ0n) is 32.3. The summed E-state index contributed by atoms with van der Waals surface area (Å²) in [7, 11) is 0. The summed E-state index contributed by atoms with van der Waals surface area (Å²) >= 11 is 0. The van der Waals surface area contributed by atoms with Crippen LogP contribution in [0.3, 0.4) is 0 Å². The summed E-state index contributed by atoms with van der Waals surface area (Å²) < 4.78 is 42.3. The van der Waals surface area contributed by atoms with Gasteiger partial charge in [0.05, 0.1) is 16.6 Å². The normalized spacial score (nSPS) is 13.7. The molecule has 8 aromatic rings. The van der Waals surface area contributed by atoms with E-state index < -0.39 is 23.6 Å². The molecule has 3 aromatic carbocycles. The molecule has 249 valence electrons. The Labute approximate surface area is 306 Å². The Bertz CT molecular complexity index is 2570. The second-order valence-corrected chi connectivity index (χ2v) is 13.8. The molecule has 49 heavy (non-hydrogen) atoms. The van der Waals surface area contributed by atoms with Crippen molar-refractivity contribution in [1.29, 1.82) is 0 Å². The van der Waals surface area contributed by atoms with E-state index >= 15 is 0 Å². The zero-order valence-corrected chi connectivity index (χ0v) is 30.7. The van der Waals surface area contributed by atoms with Crippen LogP contribution >= 0.6 is 0 Å². The fourth-order valence-corrected chi connectivity index (χ4v) is 5.69. The Morgan fingerprint density at radius 2 is 1.41 bits per heavy atom. The minimum atomic E-state index is -1.53. The Morgan fingerprint density at radius 1 is 0.735 bits per heavy atom. The van der Waals surface area contributed by atoms with Crippen LogP contribution in [-0.2, 0) is 32.9 Å². The molecule has 0 saturated heterocycles. The number of furan rings is 1. The van der Waals surface area contributed by atoms with Crippen LogP contribution in [0.5, 0.6) is 0 Å². The molecular formula is C42H39IrN5O-2. The topological polar surface area (TPSA) is 69.1 Å². The third-order valence-corrected chi connectivity index (χ3v) is 7.52. The molecule has 0 atom stereocenters. The monoisotopic (exact) mass is 826 g/mol. The molecule has 1 radical (unpaired) electrons. The fraction of sp³-hybridized carbons (Fsp3) is 0.238. The summed E-state index contributed by atoms with van der Waals surface area (Å²) in [5.41, 5.74) is 6.21. The van der Waals surface area contributed by atoms with Crippen molar-refractivity contribution < 1.29 is 30.0 Å². The van der Waals surface area contributed by atoms with Crippen LogP contribution in [0.1, 0.15) is 58.2 Å². The smallest absolute Gasteiger partial charge is 0.237 e. The molecule has 0 spiro atoms. The number of benzene rings is 3. The quantitative estimate of drug-likeness (QED) is 0.165. The molecule has 5 heterocycles. The van der Waals surface area contributed by atoms with Crippen molar-refractivity contribution in [2.24, 2.45) is 10.8 Å². The number of para-hydroxylation sites is 2. The summed E-state index contributed by atoms with van der Waals surface area (Å²) in [6.07, 6.45) is 2.16. The molecule has 0 unspecified atom stereocenters. The molecule has 0 amide bonds. The van der Waals surface area contributed by atoms with Crippen molar-refractivity contribution in [1.82, 2.24) is 24.3 Å². The van der Waals surface area contributed by atoms with E-state index in [0.717, 1.165) is 33.1 Å². The van der Waals surface area contributed by atoms with Crippen LogP contribution < -0.4 is 0 Å². The van der Waals surface area contributed by atoms with Crippen molar-refractivity contribution in [2.45, 2.75) is 54.3 Å². The van der Waals surface area contributed by atoms with E-state index in [1.54, 1.807) is 36.8 Å². The Balaban J connectivity index is 0.000000206. The number of aromatic nitrogens is 5. The van der Waals surface area contributed by atoms with E-state index in [9.17, 15) is 0 Å². The van der Waals surface area contributed by atoms with Crippen LogP contribution in [0.15, 0.2) is 108 Å². The van der Waals surface area contributed by atoms with Gasteiger partial charge in [-0.25, -0.2) is 14.4 Å². The van der Waals surface area contributed by atoms with Crippen molar-refractivity contribution in [3.8, 4) is 22.5 Å². The second-order valence-electron chi connectivity index (χ2n) is 13.8. The molecular weight excluding hydrogens is 783 g/mol. The van der Waals surface area contributed by atoms with E-state index in [1.807, 2.05) is 113 Å². The van der Waals surface area contributed by atoms with Crippen molar-refractivity contribution in [3.63, 3.8) is 0 Å². The third kappa shape index (κ3) is 7.49. The number of imidazole rings is 1. The van der Waals surface area contributed by atoms with Gasteiger partial charge >= 0.3 is 0 Å². The largest absolute Gasteiger partial charge is 0.487 e. The van der Waals surface area contributed by atoms with Crippen molar-refractivity contribution in [3.05, 3.63) is 127 Å². The van der Waals surface area contributed by atoms with Crippen LogP contribution in [0.2, 0.25) is 0 Å². The molecule has 6 nitrogen and oxygen atoms in total. The standard InChI is InChI=1S/C26H21N4O.C16H18N.Ir/c1-26(2,3)14-16-11-12-27-21(13-16)18-8-6-7-17-19-15-28-25-29-20-9-4-5-10-22(20)30(25)24(19)31-23(17)18;1-16(2,3)12-13-9-10-17-15(11-13)14-7-5-4-6-8-14;/h4-7,9-13,15H,14H2,1-3H3;4-7,9-11H,12H2,1-3H3;/q2*-1;/i14D2;12D2;. The van der Waals surface area contributed by atoms with Crippen LogP contribution in [0.25, 0.3) is 61.4 Å². The molecule has 7 heteroatoms. The van der Waals surface area contributed by atoms with Gasteiger partial charge in [-0.05, 0) is 59.2 Å². The van der Waals surface area contributed by atoms with E-state index in [0.29, 0.717) is 39.5 Å². The van der Waals surface area contributed by atoms with Gasteiger partial charge in [0.1, 0.15) is 0 Å². The minimum absolute atomic E-state index is 0. The maximum Gasteiger partial charge on any atom is 0.237 e. The number of nitrogens with zero attached hydrogens (tertiary/aromatic N) is 5. The molecule has 0 aliphatic rings. The summed E-state index contributed by atoms with van der Waals surface area (Å²) in [6, 6.07) is 32.7. The predicted octanol–water partition coefficient (Wildman–Crippen LogP) is 10.4. The van der Waals surface area contributed by atoms with Gasteiger partial charge in [-0.15, -0.1) is 54.1 Å². The van der Waals surface area contributed by atoms with Gasteiger partial charge < -0.3 is 14.4 Å². The average molecular weight is 826 g/mol. The maximum atomic E-state index is 8.66. The number of fused-ring (bicyclic) bond motifs is 7. The first-order valence-corrected chi connectivity index (χ1v) is 16.0. The van der Waals surface area contributed by atoms with Gasteiger partial charge in [0.15, 0.2) is 0 Å². The summed E-state index contributed by atoms with van der Waals surface area (Å²) in [4.78, 5) is 18.0. The average Bonchev–Trinajstić information content (AvgIpc) is 3.70.